The smallest absolute Gasteiger partial charge is 0.293 e. The number of amides is 1. The van der Waals surface area contributed by atoms with Crippen molar-refractivity contribution in [3.05, 3.63) is 83.1 Å². The molecule has 0 saturated carbocycles. The van der Waals surface area contributed by atoms with Gasteiger partial charge in [0.15, 0.2) is 17.3 Å². The van der Waals surface area contributed by atoms with E-state index < -0.39 is 5.91 Å². The Balaban J connectivity index is 1.59. The molecule has 0 radical (unpaired) electrons. The van der Waals surface area contributed by atoms with Crippen LogP contribution in [0.4, 0.5) is 11.4 Å². The van der Waals surface area contributed by atoms with Crippen molar-refractivity contribution in [1.82, 2.24) is 0 Å². The lowest BCUT2D eigenvalue weighted by molar-refractivity contribution is 0.0990. The van der Waals surface area contributed by atoms with Crippen molar-refractivity contribution in [3.63, 3.8) is 0 Å². The largest absolute Gasteiger partial charge is 0.493 e. The predicted molar refractivity (Wildman–Crippen MR) is 128 cm³/mol. The first-order valence-electron chi connectivity index (χ1n) is 10.1. The molecule has 0 fully saturated rings. The van der Waals surface area contributed by atoms with Crippen molar-refractivity contribution >= 4 is 45.6 Å². The summed E-state index contributed by atoms with van der Waals surface area (Å²) in [5.74, 6) is 0.398. The van der Waals surface area contributed by atoms with E-state index in [-0.39, 0.29) is 18.1 Å². The first kappa shape index (κ1) is 22.2. The Bertz CT molecular complexity index is 1330. The molecule has 0 spiro atoms. The van der Waals surface area contributed by atoms with E-state index in [2.05, 4.69) is 10.6 Å². The summed E-state index contributed by atoms with van der Waals surface area (Å²) in [5, 5.41) is 7.04. The van der Waals surface area contributed by atoms with Gasteiger partial charge in [-0.15, -0.1) is 0 Å². The number of hydrogen-bond acceptors (Lipinski definition) is 6. The zero-order chi connectivity index (χ0) is 23.4. The molecule has 0 bridgehead atoms. The summed E-state index contributed by atoms with van der Waals surface area (Å²) in [5.41, 5.74) is 1.92. The summed E-state index contributed by atoms with van der Waals surface area (Å²) in [6.07, 6.45) is 0. The van der Waals surface area contributed by atoms with Crippen molar-refractivity contribution in [3.8, 4) is 11.5 Å². The number of para-hydroxylation sites is 1. The number of methoxy groups -OCH3 is 2. The van der Waals surface area contributed by atoms with Crippen LogP contribution in [0.1, 0.15) is 20.9 Å². The van der Waals surface area contributed by atoms with E-state index in [1.54, 1.807) is 48.5 Å². The van der Waals surface area contributed by atoms with Crippen molar-refractivity contribution in [2.45, 2.75) is 0 Å². The number of ketones is 1. The second-order valence-corrected chi connectivity index (χ2v) is 7.55. The van der Waals surface area contributed by atoms with E-state index >= 15 is 0 Å². The zero-order valence-electron chi connectivity index (χ0n) is 18.0. The van der Waals surface area contributed by atoms with Gasteiger partial charge in [0.2, 0.25) is 5.76 Å². The van der Waals surface area contributed by atoms with Gasteiger partial charge in [-0.25, -0.2) is 0 Å². The van der Waals surface area contributed by atoms with E-state index in [4.69, 9.17) is 25.5 Å². The van der Waals surface area contributed by atoms with Crippen LogP contribution in [0.25, 0.3) is 11.0 Å². The van der Waals surface area contributed by atoms with Gasteiger partial charge < -0.3 is 24.5 Å². The lowest BCUT2D eigenvalue weighted by Crippen LogP contribution is -2.17. The number of benzene rings is 3. The van der Waals surface area contributed by atoms with Gasteiger partial charge >= 0.3 is 0 Å². The van der Waals surface area contributed by atoms with Gasteiger partial charge in [-0.1, -0.05) is 29.8 Å². The maximum Gasteiger partial charge on any atom is 0.293 e. The van der Waals surface area contributed by atoms with Gasteiger partial charge in [0, 0.05) is 21.7 Å². The fourth-order valence-electron chi connectivity index (χ4n) is 3.42. The van der Waals surface area contributed by atoms with E-state index in [1.165, 1.54) is 14.2 Å². The molecule has 0 saturated heterocycles. The van der Waals surface area contributed by atoms with E-state index in [0.29, 0.717) is 44.4 Å². The third-order valence-corrected chi connectivity index (χ3v) is 5.25. The molecule has 0 aliphatic rings. The molecule has 4 rings (SSSR count). The van der Waals surface area contributed by atoms with E-state index in [9.17, 15) is 9.59 Å². The van der Waals surface area contributed by atoms with Crippen LogP contribution in [0, 0.1) is 0 Å². The number of carbonyl (C=O) groups excluding carboxylic acids is 2. The Morgan fingerprint density at radius 3 is 2.48 bits per heavy atom. The maximum atomic E-state index is 13.0. The second-order valence-electron chi connectivity index (χ2n) is 7.11. The Hall–Kier alpha value is -3.97. The number of nitrogens with one attached hydrogen (secondary N) is 2. The minimum absolute atomic E-state index is 0.0591. The molecule has 7 nitrogen and oxygen atoms in total. The molecule has 168 valence electrons. The van der Waals surface area contributed by atoms with Crippen LogP contribution in [0.5, 0.6) is 11.5 Å². The summed E-state index contributed by atoms with van der Waals surface area (Å²) in [6.45, 7) is -0.0591. The summed E-state index contributed by atoms with van der Waals surface area (Å²) >= 11 is 6.01. The normalized spacial score (nSPS) is 10.6. The number of fused-ring (bicyclic) bond motifs is 1. The maximum absolute atomic E-state index is 13.0. The second kappa shape index (κ2) is 9.67. The zero-order valence-corrected chi connectivity index (χ0v) is 18.7. The molecule has 0 aliphatic carbocycles. The Morgan fingerprint density at radius 2 is 1.73 bits per heavy atom. The molecule has 0 aliphatic heterocycles. The number of Topliss-reactive ketones (excluding diaryl/α,β-unsaturated/α-hetero) is 1. The van der Waals surface area contributed by atoms with Crippen LogP contribution < -0.4 is 20.1 Å². The van der Waals surface area contributed by atoms with Crippen LogP contribution in [0.2, 0.25) is 5.02 Å². The molecule has 1 heterocycles. The van der Waals surface area contributed by atoms with Crippen LogP contribution in [-0.2, 0) is 0 Å². The molecule has 0 atom stereocenters. The average Bonchev–Trinajstić information content (AvgIpc) is 3.21. The van der Waals surface area contributed by atoms with Crippen LogP contribution in [0.15, 0.2) is 71.1 Å². The summed E-state index contributed by atoms with van der Waals surface area (Å²) in [6, 6.07) is 19.0. The van der Waals surface area contributed by atoms with Crippen molar-refractivity contribution in [2.75, 3.05) is 31.4 Å². The first-order chi connectivity index (χ1) is 16.0. The SMILES string of the molecule is COc1ccc(C(=O)CNc2c(C(=O)Nc3cccc(Cl)c3)oc3ccccc23)cc1OC. The highest BCUT2D eigenvalue weighted by atomic mass is 35.5. The van der Waals surface area contributed by atoms with Gasteiger partial charge in [0.05, 0.1) is 26.5 Å². The lowest BCUT2D eigenvalue weighted by Gasteiger charge is -2.10. The number of anilines is 2. The topological polar surface area (TPSA) is 89.8 Å². The average molecular weight is 465 g/mol. The molecule has 8 heteroatoms. The van der Waals surface area contributed by atoms with Crippen LogP contribution in [-0.4, -0.2) is 32.5 Å². The van der Waals surface area contributed by atoms with Crippen molar-refractivity contribution in [2.24, 2.45) is 0 Å². The van der Waals surface area contributed by atoms with Gasteiger partial charge in [0.1, 0.15) is 5.58 Å². The van der Waals surface area contributed by atoms with E-state index in [0.717, 1.165) is 0 Å². The highest BCUT2D eigenvalue weighted by Gasteiger charge is 2.22. The van der Waals surface area contributed by atoms with Crippen molar-refractivity contribution in [1.29, 1.82) is 0 Å². The minimum Gasteiger partial charge on any atom is -0.493 e. The first-order valence-corrected chi connectivity index (χ1v) is 10.5. The highest BCUT2D eigenvalue weighted by Crippen LogP contribution is 2.32. The molecule has 1 aromatic heterocycles. The quantitative estimate of drug-likeness (QED) is 0.327. The molecular formula is C25H21ClN2O5. The Morgan fingerprint density at radius 1 is 0.939 bits per heavy atom. The third-order valence-electron chi connectivity index (χ3n) is 5.02. The van der Waals surface area contributed by atoms with Crippen LogP contribution >= 0.6 is 11.6 Å². The molecule has 3 aromatic carbocycles. The van der Waals surface area contributed by atoms with Crippen molar-refractivity contribution < 1.29 is 23.5 Å². The molecule has 4 aromatic rings. The fourth-order valence-corrected chi connectivity index (χ4v) is 3.61. The number of rotatable bonds is 8. The third kappa shape index (κ3) is 4.78. The molecular weight excluding hydrogens is 444 g/mol. The Kier molecular flexibility index (Phi) is 6.51. The highest BCUT2D eigenvalue weighted by molar-refractivity contribution is 6.31. The predicted octanol–water partition coefficient (Wildman–Crippen LogP) is 5.65. The number of furan rings is 1. The summed E-state index contributed by atoms with van der Waals surface area (Å²) in [4.78, 5) is 25.8. The number of halogens is 1. The van der Waals surface area contributed by atoms with Gasteiger partial charge in [0.25, 0.3) is 5.91 Å². The molecule has 1 amide bonds. The van der Waals surface area contributed by atoms with Gasteiger partial charge in [-0.05, 0) is 48.5 Å². The van der Waals surface area contributed by atoms with Gasteiger partial charge in [-0.2, -0.15) is 0 Å². The molecule has 2 N–H and O–H groups in total. The van der Waals surface area contributed by atoms with Crippen LogP contribution in [0.3, 0.4) is 0 Å². The standard InChI is InChI=1S/C25H21ClN2O5/c1-31-21-11-10-15(12-22(21)32-2)19(29)14-27-23-18-8-3-4-9-20(18)33-24(23)25(30)28-17-7-5-6-16(26)13-17/h3-13,27H,14H2,1-2H3,(H,28,30). The fraction of sp³-hybridized carbons (Fsp3) is 0.120. The molecule has 0 unspecified atom stereocenters. The van der Waals surface area contributed by atoms with E-state index in [1.807, 2.05) is 18.2 Å². The number of hydrogen-bond donors (Lipinski definition) is 2. The number of ether oxygens (including phenoxy) is 2. The minimum atomic E-state index is -0.463. The molecule has 33 heavy (non-hydrogen) atoms. The Labute approximate surface area is 195 Å². The van der Waals surface area contributed by atoms with Gasteiger partial charge in [-0.3, -0.25) is 9.59 Å². The monoisotopic (exact) mass is 464 g/mol. The lowest BCUT2D eigenvalue weighted by atomic mass is 10.1. The summed E-state index contributed by atoms with van der Waals surface area (Å²) < 4.78 is 16.3. The number of carbonyl (C=O) groups is 2. The summed E-state index contributed by atoms with van der Waals surface area (Å²) in [7, 11) is 3.04.